The van der Waals surface area contributed by atoms with E-state index >= 15 is 0 Å². The first-order valence-corrected chi connectivity index (χ1v) is 9.44. The van der Waals surface area contributed by atoms with Gasteiger partial charge in [0.15, 0.2) is 0 Å². The third-order valence-electron chi connectivity index (χ3n) is 4.34. The molecule has 0 aliphatic rings. The SMILES string of the molecule is C=C(C)C(=O)OCC(CC)CCCCCCCCCCCC. The normalized spacial score (nSPS) is 12.1. The average molecular weight is 311 g/mol. The van der Waals surface area contributed by atoms with E-state index in [0.717, 1.165) is 6.42 Å². The number of hydrogen-bond acceptors (Lipinski definition) is 2. The average Bonchev–Trinajstić information content (AvgIpc) is 2.51. The molecule has 22 heavy (non-hydrogen) atoms. The van der Waals surface area contributed by atoms with Crippen LogP contribution >= 0.6 is 0 Å². The molecule has 0 spiro atoms. The lowest BCUT2D eigenvalue weighted by Crippen LogP contribution is -2.14. The maximum Gasteiger partial charge on any atom is 0.333 e. The topological polar surface area (TPSA) is 26.3 Å². The van der Waals surface area contributed by atoms with Gasteiger partial charge in [-0.25, -0.2) is 4.79 Å². The van der Waals surface area contributed by atoms with E-state index in [9.17, 15) is 4.79 Å². The van der Waals surface area contributed by atoms with Crippen molar-refractivity contribution in [3.8, 4) is 0 Å². The quantitative estimate of drug-likeness (QED) is 0.197. The van der Waals surface area contributed by atoms with Crippen LogP contribution in [0.3, 0.4) is 0 Å². The van der Waals surface area contributed by atoms with Crippen molar-refractivity contribution in [1.29, 1.82) is 0 Å². The number of unbranched alkanes of at least 4 members (excludes halogenated alkanes) is 9. The standard InChI is InChI=1S/C20H38O2/c1-5-7-8-9-10-11-12-13-14-15-16-19(6-2)17-22-20(21)18(3)4/h19H,3,5-17H2,1-2,4H3. The minimum Gasteiger partial charge on any atom is -0.462 e. The summed E-state index contributed by atoms with van der Waals surface area (Å²) >= 11 is 0. The van der Waals surface area contributed by atoms with Crippen molar-refractivity contribution >= 4 is 5.97 Å². The molecule has 0 saturated heterocycles. The molecule has 0 heterocycles. The first kappa shape index (κ1) is 21.2. The van der Waals surface area contributed by atoms with E-state index in [1.165, 1.54) is 70.6 Å². The summed E-state index contributed by atoms with van der Waals surface area (Å²) in [6, 6.07) is 0. The third kappa shape index (κ3) is 12.9. The van der Waals surface area contributed by atoms with Crippen molar-refractivity contribution in [3.05, 3.63) is 12.2 Å². The van der Waals surface area contributed by atoms with E-state index in [1.807, 2.05) is 0 Å². The maximum atomic E-state index is 11.4. The van der Waals surface area contributed by atoms with Gasteiger partial charge in [-0.05, 0) is 19.3 Å². The summed E-state index contributed by atoms with van der Waals surface area (Å²) in [5.41, 5.74) is 0.494. The van der Waals surface area contributed by atoms with Crippen LogP contribution in [-0.2, 0) is 9.53 Å². The Bertz CT molecular complexity index is 283. The number of carbonyl (C=O) groups excluding carboxylic acids is 1. The molecule has 1 unspecified atom stereocenters. The Morgan fingerprint density at radius 1 is 0.909 bits per heavy atom. The fraction of sp³-hybridized carbons (Fsp3) is 0.850. The molecular weight excluding hydrogens is 272 g/mol. The second-order valence-electron chi connectivity index (χ2n) is 6.62. The van der Waals surface area contributed by atoms with Gasteiger partial charge in [0.05, 0.1) is 6.61 Å². The van der Waals surface area contributed by atoms with E-state index in [0.29, 0.717) is 18.1 Å². The van der Waals surface area contributed by atoms with Gasteiger partial charge in [-0.3, -0.25) is 0 Å². The van der Waals surface area contributed by atoms with Crippen LogP contribution in [-0.4, -0.2) is 12.6 Å². The highest BCUT2D eigenvalue weighted by molar-refractivity contribution is 5.86. The van der Waals surface area contributed by atoms with Crippen LogP contribution in [0.15, 0.2) is 12.2 Å². The summed E-state index contributed by atoms with van der Waals surface area (Å²) in [6.07, 6.45) is 16.0. The first-order valence-electron chi connectivity index (χ1n) is 9.44. The van der Waals surface area contributed by atoms with Gasteiger partial charge in [-0.2, -0.15) is 0 Å². The highest BCUT2D eigenvalue weighted by atomic mass is 16.5. The van der Waals surface area contributed by atoms with Gasteiger partial charge in [-0.1, -0.05) is 91.1 Å². The molecule has 0 aliphatic heterocycles. The number of rotatable bonds is 15. The highest BCUT2D eigenvalue weighted by Gasteiger charge is 2.10. The molecule has 0 amide bonds. The molecule has 1 atom stereocenters. The zero-order chi connectivity index (χ0) is 16.6. The van der Waals surface area contributed by atoms with Crippen LogP contribution in [0.5, 0.6) is 0 Å². The molecule has 2 nitrogen and oxygen atoms in total. The Labute approximate surface area is 138 Å². The van der Waals surface area contributed by atoms with Gasteiger partial charge in [0.25, 0.3) is 0 Å². The smallest absolute Gasteiger partial charge is 0.333 e. The van der Waals surface area contributed by atoms with Crippen LogP contribution in [0.2, 0.25) is 0 Å². The van der Waals surface area contributed by atoms with Crippen molar-refractivity contribution in [2.24, 2.45) is 5.92 Å². The summed E-state index contributed by atoms with van der Waals surface area (Å²) in [6.45, 7) is 10.3. The van der Waals surface area contributed by atoms with Crippen LogP contribution in [0.25, 0.3) is 0 Å². The van der Waals surface area contributed by atoms with E-state index < -0.39 is 0 Å². The Hall–Kier alpha value is -0.790. The zero-order valence-corrected chi connectivity index (χ0v) is 15.3. The Morgan fingerprint density at radius 2 is 1.41 bits per heavy atom. The van der Waals surface area contributed by atoms with E-state index in [1.54, 1.807) is 6.92 Å². The molecule has 2 heteroatoms. The molecule has 0 aromatic carbocycles. The predicted molar refractivity (Wildman–Crippen MR) is 96.0 cm³/mol. The predicted octanol–water partition coefficient (Wildman–Crippen LogP) is 6.44. The second kappa shape index (κ2) is 15.1. The van der Waals surface area contributed by atoms with E-state index in [2.05, 4.69) is 20.4 Å². The van der Waals surface area contributed by atoms with E-state index in [-0.39, 0.29) is 5.97 Å². The van der Waals surface area contributed by atoms with Gasteiger partial charge in [-0.15, -0.1) is 0 Å². The lowest BCUT2D eigenvalue weighted by Gasteiger charge is -2.15. The molecule has 0 N–H and O–H groups in total. The molecule has 0 aromatic heterocycles. The largest absolute Gasteiger partial charge is 0.462 e. The molecule has 0 fully saturated rings. The molecule has 0 saturated carbocycles. The fourth-order valence-electron chi connectivity index (χ4n) is 2.64. The summed E-state index contributed by atoms with van der Waals surface area (Å²) in [5, 5.41) is 0. The van der Waals surface area contributed by atoms with Crippen LogP contribution < -0.4 is 0 Å². The minimum atomic E-state index is -0.249. The maximum absolute atomic E-state index is 11.4. The monoisotopic (exact) mass is 310 g/mol. The zero-order valence-electron chi connectivity index (χ0n) is 15.3. The van der Waals surface area contributed by atoms with E-state index in [4.69, 9.17) is 4.74 Å². The molecule has 0 aliphatic carbocycles. The molecule has 0 rings (SSSR count). The molecular formula is C20H38O2. The van der Waals surface area contributed by atoms with Crippen molar-refractivity contribution in [3.63, 3.8) is 0 Å². The summed E-state index contributed by atoms with van der Waals surface area (Å²) < 4.78 is 5.26. The Balaban J connectivity index is 3.43. The Morgan fingerprint density at radius 3 is 1.86 bits per heavy atom. The van der Waals surface area contributed by atoms with Gasteiger partial charge < -0.3 is 4.74 Å². The van der Waals surface area contributed by atoms with Crippen molar-refractivity contribution in [1.82, 2.24) is 0 Å². The summed E-state index contributed by atoms with van der Waals surface area (Å²) in [7, 11) is 0. The number of hydrogen-bond donors (Lipinski definition) is 0. The van der Waals surface area contributed by atoms with Crippen LogP contribution in [0.1, 0.15) is 97.8 Å². The lowest BCUT2D eigenvalue weighted by atomic mass is 9.98. The van der Waals surface area contributed by atoms with Gasteiger partial charge in [0.2, 0.25) is 0 Å². The van der Waals surface area contributed by atoms with Gasteiger partial charge >= 0.3 is 5.97 Å². The van der Waals surface area contributed by atoms with Gasteiger partial charge in [0.1, 0.15) is 0 Å². The van der Waals surface area contributed by atoms with Crippen molar-refractivity contribution in [2.75, 3.05) is 6.61 Å². The minimum absolute atomic E-state index is 0.249. The summed E-state index contributed by atoms with van der Waals surface area (Å²) in [5.74, 6) is 0.263. The molecule has 0 bridgehead atoms. The first-order chi connectivity index (χ1) is 10.6. The number of ether oxygens (including phenoxy) is 1. The van der Waals surface area contributed by atoms with Crippen molar-refractivity contribution < 1.29 is 9.53 Å². The lowest BCUT2D eigenvalue weighted by molar-refractivity contribution is -0.140. The van der Waals surface area contributed by atoms with Crippen molar-refractivity contribution in [2.45, 2.75) is 97.8 Å². The van der Waals surface area contributed by atoms with Gasteiger partial charge in [0, 0.05) is 5.57 Å². The third-order valence-corrected chi connectivity index (χ3v) is 4.34. The number of carbonyl (C=O) groups is 1. The summed E-state index contributed by atoms with van der Waals surface area (Å²) in [4.78, 5) is 11.4. The second-order valence-corrected chi connectivity index (χ2v) is 6.62. The molecule has 130 valence electrons. The molecule has 0 radical (unpaired) electrons. The number of esters is 1. The Kier molecular flexibility index (Phi) is 14.6. The highest BCUT2D eigenvalue weighted by Crippen LogP contribution is 2.16. The molecule has 0 aromatic rings. The fourth-order valence-corrected chi connectivity index (χ4v) is 2.64. The van der Waals surface area contributed by atoms with Crippen LogP contribution in [0, 0.1) is 5.92 Å². The van der Waals surface area contributed by atoms with Crippen LogP contribution in [0.4, 0.5) is 0 Å².